The van der Waals surface area contributed by atoms with Gasteiger partial charge < -0.3 is 19.7 Å². The predicted octanol–water partition coefficient (Wildman–Crippen LogP) is 0.564. The number of benzene rings is 1. The maximum absolute atomic E-state index is 12.0. The molecule has 1 aromatic carbocycles. The topological polar surface area (TPSA) is 97.6 Å². The molecule has 0 spiro atoms. The number of esters is 1. The number of amides is 1. The number of nitrogens with zero attached hydrogens (tertiary/aromatic N) is 1. The van der Waals surface area contributed by atoms with Crippen molar-refractivity contribution in [3.05, 3.63) is 64.6 Å². The Morgan fingerprint density at radius 3 is 2.54 bits per heavy atom. The van der Waals surface area contributed by atoms with Gasteiger partial charge in [0.05, 0.1) is 12.6 Å². The summed E-state index contributed by atoms with van der Waals surface area (Å²) in [6, 6.07) is 10.8. The van der Waals surface area contributed by atoms with E-state index in [1.807, 2.05) is 0 Å². The van der Waals surface area contributed by atoms with E-state index in [0.717, 1.165) is 0 Å². The van der Waals surface area contributed by atoms with Gasteiger partial charge in [0.1, 0.15) is 5.75 Å². The number of nitrogens with one attached hydrogen (secondary N) is 1. The van der Waals surface area contributed by atoms with Crippen molar-refractivity contribution in [2.24, 2.45) is 0 Å². The molecule has 2 rings (SSSR count). The van der Waals surface area contributed by atoms with Crippen LogP contribution in [0.2, 0.25) is 0 Å². The number of pyridine rings is 1. The van der Waals surface area contributed by atoms with E-state index in [-0.39, 0.29) is 24.6 Å². The third-order valence-corrected chi connectivity index (χ3v) is 3.18. The molecule has 1 atom stereocenters. The molecule has 2 aromatic rings. The van der Waals surface area contributed by atoms with Crippen LogP contribution in [0.5, 0.6) is 5.75 Å². The van der Waals surface area contributed by atoms with E-state index in [1.165, 1.54) is 41.8 Å². The number of aliphatic hydroxyl groups is 1. The Morgan fingerprint density at radius 2 is 1.92 bits per heavy atom. The van der Waals surface area contributed by atoms with Crippen LogP contribution in [0.15, 0.2) is 53.5 Å². The van der Waals surface area contributed by atoms with Crippen LogP contribution in [-0.2, 0) is 11.3 Å². The van der Waals surface area contributed by atoms with Crippen molar-refractivity contribution in [3.8, 4) is 5.75 Å². The van der Waals surface area contributed by atoms with Crippen molar-refractivity contribution in [3.63, 3.8) is 0 Å². The van der Waals surface area contributed by atoms with E-state index in [1.54, 1.807) is 18.3 Å². The van der Waals surface area contributed by atoms with E-state index in [0.29, 0.717) is 11.3 Å². The first-order valence-electron chi connectivity index (χ1n) is 7.36. The standard InChI is InChI=1S/C17H18N2O5/c1-12(20)24-15-7-5-13(6-8-15)17(23)18-10-14(21)11-19-9-3-2-4-16(19)22/h2-9,14,21H,10-11H2,1H3,(H,18,23). The fraction of sp³-hybridized carbons (Fsp3) is 0.235. The Kier molecular flexibility index (Phi) is 5.86. The summed E-state index contributed by atoms with van der Waals surface area (Å²) < 4.78 is 6.25. The first kappa shape index (κ1) is 17.4. The number of aliphatic hydroxyl groups excluding tert-OH is 1. The second-order valence-electron chi connectivity index (χ2n) is 5.17. The molecule has 0 fully saturated rings. The lowest BCUT2D eigenvalue weighted by Crippen LogP contribution is -2.36. The number of ether oxygens (including phenoxy) is 1. The monoisotopic (exact) mass is 330 g/mol. The van der Waals surface area contributed by atoms with Crippen LogP contribution in [-0.4, -0.2) is 34.2 Å². The summed E-state index contributed by atoms with van der Waals surface area (Å²) in [5.41, 5.74) is 0.152. The number of carbonyl (C=O) groups is 2. The van der Waals surface area contributed by atoms with Crippen LogP contribution in [0.1, 0.15) is 17.3 Å². The second kappa shape index (κ2) is 8.07. The van der Waals surface area contributed by atoms with E-state index in [2.05, 4.69) is 5.32 Å². The van der Waals surface area contributed by atoms with Crippen molar-refractivity contribution in [1.29, 1.82) is 0 Å². The van der Waals surface area contributed by atoms with Gasteiger partial charge in [0.25, 0.3) is 11.5 Å². The molecule has 0 bridgehead atoms. The predicted molar refractivity (Wildman–Crippen MR) is 86.8 cm³/mol. The highest BCUT2D eigenvalue weighted by molar-refractivity contribution is 5.94. The minimum atomic E-state index is -0.894. The zero-order chi connectivity index (χ0) is 17.5. The number of carbonyl (C=O) groups excluding carboxylic acids is 2. The normalized spacial score (nSPS) is 11.6. The van der Waals surface area contributed by atoms with E-state index >= 15 is 0 Å². The smallest absolute Gasteiger partial charge is 0.308 e. The van der Waals surface area contributed by atoms with Crippen LogP contribution in [0.25, 0.3) is 0 Å². The molecular weight excluding hydrogens is 312 g/mol. The molecule has 1 heterocycles. The maximum atomic E-state index is 12.0. The third-order valence-electron chi connectivity index (χ3n) is 3.18. The van der Waals surface area contributed by atoms with Crippen LogP contribution < -0.4 is 15.6 Å². The van der Waals surface area contributed by atoms with Crippen molar-refractivity contribution in [2.75, 3.05) is 6.54 Å². The summed E-state index contributed by atoms with van der Waals surface area (Å²) in [6.45, 7) is 1.39. The van der Waals surface area contributed by atoms with Gasteiger partial charge in [-0.3, -0.25) is 14.4 Å². The molecule has 0 saturated carbocycles. The molecular formula is C17H18N2O5. The second-order valence-corrected chi connectivity index (χ2v) is 5.17. The van der Waals surface area contributed by atoms with Gasteiger partial charge in [0, 0.05) is 31.3 Å². The van der Waals surface area contributed by atoms with Crippen LogP contribution in [0.3, 0.4) is 0 Å². The lowest BCUT2D eigenvalue weighted by molar-refractivity contribution is -0.131. The Labute approximate surface area is 138 Å². The lowest BCUT2D eigenvalue weighted by atomic mass is 10.2. The van der Waals surface area contributed by atoms with E-state index in [4.69, 9.17) is 4.74 Å². The van der Waals surface area contributed by atoms with Gasteiger partial charge in [-0.15, -0.1) is 0 Å². The summed E-state index contributed by atoms with van der Waals surface area (Å²) in [5.74, 6) is -0.460. The Bertz CT molecular complexity index is 767. The molecule has 2 N–H and O–H groups in total. The summed E-state index contributed by atoms with van der Waals surface area (Å²) >= 11 is 0. The SMILES string of the molecule is CC(=O)Oc1ccc(C(=O)NCC(O)Cn2ccccc2=O)cc1. The summed E-state index contributed by atoms with van der Waals surface area (Å²) in [6.07, 6.45) is 0.676. The van der Waals surface area contributed by atoms with Gasteiger partial charge in [-0.05, 0) is 30.3 Å². The summed E-state index contributed by atoms with van der Waals surface area (Å²) in [7, 11) is 0. The van der Waals surface area contributed by atoms with Crippen LogP contribution in [0.4, 0.5) is 0 Å². The van der Waals surface area contributed by atoms with Crippen molar-refractivity contribution in [1.82, 2.24) is 9.88 Å². The lowest BCUT2D eigenvalue weighted by Gasteiger charge is -2.13. The summed E-state index contributed by atoms with van der Waals surface area (Å²) in [4.78, 5) is 34.4. The fourth-order valence-corrected chi connectivity index (χ4v) is 2.06. The average molecular weight is 330 g/mol. The van der Waals surface area contributed by atoms with Gasteiger partial charge in [-0.1, -0.05) is 6.07 Å². The Balaban J connectivity index is 1.87. The molecule has 7 heteroatoms. The fourth-order valence-electron chi connectivity index (χ4n) is 2.06. The molecule has 0 saturated heterocycles. The van der Waals surface area contributed by atoms with E-state index < -0.39 is 12.1 Å². The molecule has 0 radical (unpaired) electrons. The first-order valence-corrected chi connectivity index (χ1v) is 7.36. The highest BCUT2D eigenvalue weighted by Gasteiger charge is 2.10. The molecule has 7 nitrogen and oxygen atoms in total. The quantitative estimate of drug-likeness (QED) is 0.596. The maximum Gasteiger partial charge on any atom is 0.308 e. The molecule has 0 aliphatic carbocycles. The molecule has 0 aliphatic heterocycles. The Morgan fingerprint density at radius 1 is 1.21 bits per heavy atom. The van der Waals surface area contributed by atoms with Gasteiger partial charge >= 0.3 is 5.97 Å². The van der Waals surface area contributed by atoms with Crippen LogP contribution >= 0.6 is 0 Å². The van der Waals surface area contributed by atoms with Gasteiger partial charge in [0.2, 0.25) is 0 Å². The first-order chi connectivity index (χ1) is 11.5. The zero-order valence-electron chi connectivity index (χ0n) is 13.1. The van der Waals surface area contributed by atoms with Gasteiger partial charge in [0.15, 0.2) is 0 Å². The minimum absolute atomic E-state index is 0.00582. The molecule has 24 heavy (non-hydrogen) atoms. The summed E-state index contributed by atoms with van der Waals surface area (Å²) in [5, 5.41) is 12.5. The largest absolute Gasteiger partial charge is 0.427 e. The molecule has 126 valence electrons. The number of rotatable bonds is 6. The van der Waals surface area contributed by atoms with Crippen molar-refractivity contribution in [2.45, 2.75) is 19.6 Å². The number of hydrogen-bond acceptors (Lipinski definition) is 5. The van der Waals surface area contributed by atoms with Gasteiger partial charge in [-0.25, -0.2) is 0 Å². The average Bonchev–Trinajstić information content (AvgIpc) is 2.55. The third kappa shape index (κ3) is 5.06. The minimum Gasteiger partial charge on any atom is -0.427 e. The molecule has 0 aliphatic rings. The molecule has 1 aromatic heterocycles. The highest BCUT2D eigenvalue weighted by atomic mass is 16.5. The van der Waals surface area contributed by atoms with Crippen molar-refractivity contribution < 1.29 is 19.4 Å². The highest BCUT2D eigenvalue weighted by Crippen LogP contribution is 2.12. The molecule has 1 unspecified atom stereocenters. The van der Waals surface area contributed by atoms with E-state index in [9.17, 15) is 19.5 Å². The molecule has 1 amide bonds. The van der Waals surface area contributed by atoms with Crippen molar-refractivity contribution >= 4 is 11.9 Å². The zero-order valence-corrected chi connectivity index (χ0v) is 13.1. The Hall–Kier alpha value is -2.93. The van der Waals surface area contributed by atoms with Crippen LogP contribution in [0, 0.1) is 0 Å². The number of aromatic nitrogens is 1. The van der Waals surface area contributed by atoms with Gasteiger partial charge in [-0.2, -0.15) is 0 Å². The number of hydrogen-bond donors (Lipinski definition) is 2.